The second-order valence-corrected chi connectivity index (χ2v) is 1.95. The molecule has 0 aromatic rings. The van der Waals surface area contributed by atoms with Gasteiger partial charge in [0.1, 0.15) is 0 Å². The van der Waals surface area contributed by atoms with Gasteiger partial charge >= 0.3 is 0 Å². The Labute approximate surface area is 54.5 Å². The fraction of sp³-hybridized carbons (Fsp3) is 0.400. The van der Waals surface area contributed by atoms with Crippen LogP contribution in [0.25, 0.3) is 0 Å². The third-order valence-electron chi connectivity index (χ3n) is 0.736. The van der Waals surface area contributed by atoms with Crippen LogP contribution in [0.3, 0.4) is 0 Å². The Hall–Kier alpha value is -0.570. The zero-order valence-electron chi connectivity index (χ0n) is 4.85. The summed E-state index contributed by atoms with van der Waals surface area (Å²) < 4.78 is 0. The van der Waals surface area contributed by atoms with Gasteiger partial charge in [-0.05, 0) is 12.5 Å². The molecule has 4 N–H and O–H groups in total. The molecule has 0 saturated carbocycles. The highest BCUT2D eigenvalue weighted by Crippen LogP contribution is 1.88. The molecular weight excluding hydrogens is 120 g/mol. The molecule has 0 aromatic carbocycles. The van der Waals surface area contributed by atoms with Crippen LogP contribution >= 0.6 is 12.2 Å². The van der Waals surface area contributed by atoms with E-state index in [9.17, 15) is 0 Å². The van der Waals surface area contributed by atoms with E-state index in [0.29, 0.717) is 4.99 Å². The average molecular weight is 130 g/mol. The van der Waals surface area contributed by atoms with Gasteiger partial charge in [-0.25, -0.2) is 0 Å². The Morgan fingerprint density at radius 3 is 2.25 bits per heavy atom. The molecule has 0 amide bonds. The molecule has 0 radical (unpaired) electrons. The maximum atomic E-state index is 5.37. The summed E-state index contributed by atoms with van der Waals surface area (Å²) >= 11 is 4.56. The van der Waals surface area contributed by atoms with E-state index in [-0.39, 0.29) is 0 Å². The van der Waals surface area contributed by atoms with Crippen molar-refractivity contribution in [2.45, 2.75) is 13.3 Å². The van der Waals surface area contributed by atoms with Crippen LogP contribution in [-0.2, 0) is 0 Å². The molecule has 2 nitrogen and oxygen atoms in total. The molecule has 0 spiro atoms. The Bertz CT molecular complexity index is 118. The summed E-state index contributed by atoms with van der Waals surface area (Å²) in [6.45, 7) is 1.95. The first kappa shape index (κ1) is 7.43. The second kappa shape index (κ2) is 3.43. The molecule has 0 aliphatic rings. The minimum atomic E-state index is 0.351. The van der Waals surface area contributed by atoms with Crippen molar-refractivity contribution in [3.8, 4) is 0 Å². The molecular formula is C5H10N2S. The molecule has 0 rings (SSSR count). The van der Waals surface area contributed by atoms with Crippen LogP contribution in [0.15, 0.2) is 11.8 Å². The highest BCUT2D eigenvalue weighted by molar-refractivity contribution is 7.80. The van der Waals surface area contributed by atoms with Gasteiger partial charge in [-0.15, -0.1) is 0 Å². The van der Waals surface area contributed by atoms with Gasteiger partial charge < -0.3 is 11.5 Å². The minimum absolute atomic E-state index is 0.351. The number of allylic oxidation sites excluding steroid dienone is 1. The summed E-state index contributed by atoms with van der Waals surface area (Å²) in [6.07, 6.45) is 2.40. The van der Waals surface area contributed by atoms with Gasteiger partial charge in [0.2, 0.25) is 0 Å². The van der Waals surface area contributed by atoms with Gasteiger partial charge in [0.15, 0.2) is 0 Å². The third kappa shape index (κ3) is 3.61. The highest BCUT2D eigenvalue weighted by Gasteiger charge is 1.83. The average Bonchev–Trinajstić information content (AvgIpc) is 1.65. The van der Waals surface area contributed by atoms with Crippen molar-refractivity contribution in [3.05, 3.63) is 11.8 Å². The van der Waals surface area contributed by atoms with E-state index in [1.807, 2.05) is 6.92 Å². The second-order valence-electron chi connectivity index (χ2n) is 1.48. The zero-order valence-corrected chi connectivity index (χ0v) is 5.66. The summed E-state index contributed by atoms with van der Waals surface area (Å²) in [5.74, 6) is 0. The van der Waals surface area contributed by atoms with Gasteiger partial charge in [0, 0.05) is 5.70 Å². The lowest BCUT2D eigenvalue weighted by atomic mass is 10.3. The fourth-order valence-electron chi connectivity index (χ4n) is 0.285. The maximum Gasteiger partial charge on any atom is 0.0979 e. The van der Waals surface area contributed by atoms with E-state index in [2.05, 4.69) is 12.2 Å². The van der Waals surface area contributed by atoms with Gasteiger partial charge in [-0.1, -0.05) is 19.1 Å². The number of nitrogens with two attached hydrogens (primary N) is 2. The lowest BCUT2D eigenvalue weighted by Gasteiger charge is -1.91. The maximum absolute atomic E-state index is 5.37. The Morgan fingerprint density at radius 2 is 2.12 bits per heavy atom. The van der Waals surface area contributed by atoms with Gasteiger partial charge in [-0.3, -0.25) is 0 Å². The lowest BCUT2D eigenvalue weighted by molar-refractivity contribution is 1.07. The zero-order chi connectivity index (χ0) is 6.57. The predicted molar refractivity (Wildman–Crippen MR) is 39.3 cm³/mol. The van der Waals surface area contributed by atoms with E-state index in [0.717, 1.165) is 12.1 Å². The van der Waals surface area contributed by atoms with Crippen LogP contribution in [0.2, 0.25) is 0 Å². The van der Waals surface area contributed by atoms with Gasteiger partial charge in [0.05, 0.1) is 4.99 Å². The van der Waals surface area contributed by atoms with Crippen LogP contribution in [0, 0.1) is 0 Å². The summed E-state index contributed by atoms with van der Waals surface area (Å²) in [7, 11) is 0. The summed E-state index contributed by atoms with van der Waals surface area (Å²) in [5, 5.41) is 0. The monoisotopic (exact) mass is 130 g/mol. The van der Waals surface area contributed by atoms with Gasteiger partial charge in [0.25, 0.3) is 0 Å². The first-order valence-electron chi connectivity index (χ1n) is 2.42. The van der Waals surface area contributed by atoms with Crippen LogP contribution < -0.4 is 11.5 Å². The quantitative estimate of drug-likeness (QED) is 0.423. The lowest BCUT2D eigenvalue weighted by Crippen LogP contribution is -2.07. The van der Waals surface area contributed by atoms with Crippen molar-refractivity contribution in [1.29, 1.82) is 0 Å². The summed E-state index contributed by atoms with van der Waals surface area (Å²) in [6, 6.07) is 0. The van der Waals surface area contributed by atoms with E-state index in [1.165, 1.54) is 0 Å². The number of hydrogen-bond donors (Lipinski definition) is 2. The normalized spacial score (nSPS) is 11.4. The topological polar surface area (TPSA) is 52.0 Å². The molecule has 0 unspecified atom stereocenters. The standard InChI is InChI=1S/C5H10N2S/c1-2-4(6)3-5(7)8/h3H,2,6H2,1H3,(H2,7,8). The molecule has 3 heteroatoms. The Morgan fingerprint density at radius 1 is 1.62 bits per heavy atom. The van der Waals surface area contributed by atoms with E-state index >= 15 is 0 Å². The summed E-state index contributed by atoms with van der Waals surface area (Å²) in [4.78, 5) is 0.351. The Kier molecular flexibility index (Phi) is 3.19. The van der Waals surface area contributed by atoms with Crippen LogP contribution in [0.4, 0.5) is 0 Å². The molecule has 0 aliphatic carbocycles. The van der Waals surface area contributed by atoms with Crippen molar-refractivity contribution in [3.63, 3.8) is 0 Å². The molecule has 0 aromatic heterocycles. The van der Waals surface area contributed by atoms with Crippen molar-refractivity contribution in [2.75, 3.05) is 0 Å². The Balaban J connectivity index is 3.75. The molecule has 0 bridgehead atoms. The van der Waals surface area contributed by atoms with Crippen LogP contribution in [0.5, 0.6) is 0 Å². The molecule has 8 heavy (non-hydrogen) atoms. The predicted octanol–water partition coefficient (Wildman–Crippen LogP) is 0.525. The minimum Gasteiger partial charge on any atom is -0.402 e. The number of hydrogen-bond acceptors (Lipinski definition) is 2. The van der Waals surface area contributed by atoms with Gasteiger partial charge in [-0.2, -0.15) is 0 Å². The smallest absolute Gasteiger partial charge is 0.0979 e. The molecule has 0 fully saturated rings. The van der Waals surface area contributed by atoms with Crippen molar-refractivity contribution >= 4 is 17.2 Å². The van der Waals surface area contributed by atoms with Crippen LogP contribution in [-0.4, -0.2) is 4.99 Å². The van der Waals surface area contributed by atoms with Crippen molar-refractivity contribution in [1.82, 2.24) is 0 Å². The third-order valence-corrected chi connectivity index (χ3v) is 0.854. The van der Waals surface area contributed by atoms with E-state index < -0.39 is 0 Å². The van der Waals surface area contributed by atoms with Crippen LogP contribution in [0.1, 0.15) is 13.3 Å². The fourth-order valence-corrected chi connectivity index (χ4v) is 0.436. The molecule has 0 atom stereocenters. The molecule has 0 aliphatic heterocycles. The first-order valence-corrected chi connectivity index (χ1v) is 2.83. The number of thiocarbonyl (C=S) groups is 1. The summed E-state index contributed by atoms with van der Waals surface area (Å²) in [5.41, 5.74) is 11.2. The highest BCUT2D eigenvalue weighted by atomic mass is 32.1. The van der Waals surface area contributed by atoms with E-state index in [1.54, 1.807) is 6.08 Å². The van der Waals surface area contributed by atoms with E-state index in [4.69, 9.17) is 11.5 Å². The largest absolute Gasteiger partial charge is 0.402 e. The number of rotatable bonds is 2. The molecule has 46 valence electrons. The molecule has 0 saturated heterocycles. The van der Waals surface area contributed by atoms with Crippen molar-refractivity contribution in [2.24, 2.45) is 11.5 Å². The SMILES string of the molecule is CCC(N)=CC(N)=S. The van der Waals surface area contributed by atoms with Crippen molar-refractivity contribution < 1.29 is 0 Å². The molecule has 0 heterocycles. The first-order chi connectivity index (χ1) is 3.66.